The van der Waals surface area contributed by atoms with E-state index >= 15 is 0 Å². The molecule has 8 N–H and O–H groups in total. The minimum Gasteiger partial charge on any atom is -0.394 e. The van der Waals surface area contributed by atoms with Crippen LogP contribution in [0.1, 0.15) is 40.0 Å². The Hall–Kier alpha value is -2.20. The number of hydrogen-bond donors (Lipinski definition) is 6. The number of hydrogen-bond acceptors (Lipinski definition) is 6. The summed E-state index contributed by atoms with van der Waals surface area (Å²) in [5.74, 6) is -2.31. The lowest BCUT2D eigenvalue weighted by atomic mass is 10.0. The van der Waals surface area contributed by atoms with Crippen LogP contribution < -0.4 is 27.4 Å². The Morgan fingerprint density at radius 3 is 1.92 bits per heavy atom. The first-order chi connectivity index (χ1) is 12.1. The lowest BCUT2D eigenvalue weighted by Gasteiger charge is -2.24. The van der Waals surface area contributed by atoms with Crippen LogP contribution in [0.3, 0.4) is 0 Å². The third kappa shape index (κ3) is 9.33. The predicted molar refractivity (Wildman–Crippen MR) is 95.5 cm³/mol. The molecule has 10 heteroatoms. The fourth-order valence-corrected chi connectivity index (χ4v) is 2.29. The van der Waals surface area contributed by atoms with Gasteiger partial charge in [0.15, 0.2) is 0 Å². The monoisotopic (exact) mass is 373 g/mol. The van der Waals surface area contributed by atoms with Gasteiger partial charge in [0.25, 0.3) is 0 Å². The van der Waals surface area contributed by atoms with Crippen molar-refractivity contribution in [2.24, 2.45) is 17.4 Å². The molecule has 0 heterocycles. The van der Waals surface area contributed by atoms with Gasteiger partial charge in [0, 0.05) is 6.92 Å². The quantitative estimate of drug-likeness (QED) is 0.224. The lowest BCUT2D eigenvalue weighted by Crippen LogP contribution is -2.57. The van der Waals surface area contributed by atoms with Crippen molar-refractivity contribution >= 4 is 23.6 Å². The van der Waals surface area contributed by atoms with Crippen molar-refractivity contribution < 1.29 is 24.3 Å². The molecule has 0 fully saturated rings. The number of carbonyl (C=O) groups excluding carboxylic acids is 4. The molecule has 0 unspecified atom stereocenters. The highest BCUT2D eigenvalue weighted by atomic mass is 16.3. The first kappa shape index (κ1) is 23.8. The molecule has 0 aliphatic heterocycles. The number of amides is 4. The summed E-state index contributed by atoms with van der Waals surface area (Å²) in [5, 5.41) is 16.5. The maximum atomic E-state index is 12.5. The van der Waals surface area contributed by atoms with E-state index < -0.39 is 48.4 Å². The fraction of sp³-hybridized carbons (Fsp3) is 0.750. The third-order valence-electron chi connectivity index (χ3n) is 3.57. The largest absolute Gasteiger partial charge is 0.394 e. The summed E-state index contributed by atoms with van der Waals surface area (Å²) < 4.78 is 0. The number of rotatable bonds is 12. The number of nitrogens with two attached hydrogens (primary N) is 2. The second kappa shape index (κ2) is 12.2. The SMILES string of the molecule is CC(=O)N[C@@H](CO)C(=O)N[C@@H](CCCN)C(=O)N[C@@H](CC(C)C)C(N)=O. The molecule has 0 aliphatic rings. The molecule has 26 heavy (non-hydrogen) atoms. The van der Waals surface area contributed by atoms with Crippen molar-refractivity contribution in [2.45, 2.75) is 58.2 Å². The Labute approximate surface area is 153 Å². The molecule has 0 saturated heterocycles. The molecule has 0 bridgehead atoms. The van der Waals surface area contributed by atoms with E-state index in [-0.39, 0.29) is 12.3 Å². The Bertz CT molecular complexity index is 497. The summed E-state index contributed by atoms with van der Waals surface area (Å²) >= 11 is 0. The van der Waals surface area contributed by atoms with E-state index in [0.717, 1.165) is 0 Å². The number of aliphatic hydroxyl groups excluding tert-OH is 1. The zero-order valence-electron chi connectivity index (χ0n) is 15.6. The molecule has 0 saturated carbocycles. The normalized spacial score (nSPS) is 14.2. The molecular formula is C16H31N5O5. The maximum Gasteiger partial charge on any atom is 0.245 e. The van der Waals surface area contributed by atoms with Crippen molar-refractivity contribution in [1.29, 1.82) is 0 Å². The molecule has 0 rings (SSSR count). The van der Waals surface area contributed by atoms with Crippen molar-refractivity contribution in [2.75, 3.05) is 13.2 Å². The molecule has 0 aromatic rings. The van der Waals surface area contributed by atoms with Crippen LogP contribution in [0, 0.1) is 5.92 Å². The Morgan fingerprint density at radius 2 is 1.50 bits per heavy atom. The van der Waals surface area contributed by atoms with Crippen molar-refractivity contribution in [1.82, 2.24) is 16.0 Å². The molecule has 0 aliphatic carbocycles. The smallest absolute Gasteiger partial charge is 0.245 e. The zero-order chi connectivity index (χ0) is 20.3. The summed E-state index contributed by atoms with van der Waals surface area (Å²) in [7, 11) is 0. The average molecular weight is 373 g/mol. The maximum absolute atomic E-state index is 12.5. The van der Waals surface area contributed by atoms with E-state index in [1.807, 2.05) is 13.8 Å². The fourth-order valence-electron chi connectivity index (χ4n) is 2.29. The van der Waals surface area contributed by atoms with Crippen LogP contribution in [-0.4, -0.2) is 60.0 Å². The zero-order valence-corrected chi connectivity index (χ0v) is 15.6. The van der Waals surface area contributed by atoms with E-state index in [0.29, 0.717) is 19.4 Å². The second-order valence-corrected chi connectivity index (χ2v) is 6.52. The minimum absolute atomic E-state index is 0.128. The molecule has 150 valence electrons. The summed E-state index contributed by atoms with van der Waals surface area (Å²) in [6, 6.07) is -3.00. The van der Waals surface area contributed by atoms with E-state index in [1.54, 1.807) is 0 Å². The molecule has 3 atom stereocenters. The van der Waals surface area contributed by atoms with Gasteiger partial charge in [-0.3, -0.25) is 19.2 Å². The first-order valence-corrected chi connectivity index (χ1v) is 8.60. The van der Waals surface area contributed by atoms with Crippen molar-refractivity contribution in [3.63, 3.8) is 0 Å². The topological polar surface area (TPSA) is 177 Å². The Morgan fingerprint density at radius 1 is 0.962 bits per heavy atom. The first-order valence-electron chi connectivity index (χ1n) is 8.60. The lowest BCUT2D eigenvalue weighted by molar-refractivity contribution is -0.133. The van der Waals surface area contributed by atoms with Gasteiger partial charge in [-0.1, -0.05) is 13.8 Å². The van der Waals surface area contributed by atoms with Crippen LogP contribution in [0.5, 0.6) is 0 Å². The Kier molecular flexibility index (Phi) is 11.2. The van der Waals surface area contributed by atoms with Gasteiger partial charge < -0.3 is 32.5 Å². The molecule has 10 nitrogen and oxygen atoms in total. The predicted octanol–water partition coefficient (Wildman–Crippen LogP) is -2.28. The van der Waals surface area contributed by atoms with Crippen LogP contribution in [0.2, 0.25) is 0 Å². The molecule has 0 aromatic carbocycles. The van der Waals surface area contributed by atoms with Crippen LogP contribution in [-0.2, 0) is 19.2 Å². The summed E-state index contributed by atoms with van der Waals surface area (Å²) in [6.07, 6.45) is 1.05. The third-order valence-corrected chi connectivity index (χ3v) is 3.57. The number of primary amides is 1. The van der Waals surface area contributed by atoms with Gasteiger partial charge in [-0.2, -0.15) is 0 Å². The molecule has 0 aromatic heterocycles. The van der Waals surface area contributed by atoms with Crippen molar-refractivity contribution in [3.05, 3.63) is 0 Å². The summed E-state index contributed by atoms with van der Waals surface area (Å²) in [6.45, 7) is 4.66. The standard InChI is InChI=1S/C16H31N5O5/c1-9(2)7-12(14(18)24)21-15(25)11(5-4-6-17)20-16(26)13(8-22)19-10(3)23/h9,11-13,22H,4-8,17H2,1-3H3,(H2,18,24)(H,19,23)(H,20,26)(H,21,25)/t11-,12-,13-/m0/s1. The highest BCUT2D eigenvalue weighted by molar-refractivity contribution is 5.93. The van der Waals surface area contributed by atoms with Crippen LogP contribution >= 0.6 is 0 Å². The van der Waals surface area contributed by atoms with Gasteiger partial charge in [-0.25, -0.2) is 0 Å². The van der Waals surface area contributed by atoms with Gasteiger partial charge in [-0.05, 0) is 31.7 Å². The van der Waals surface area contributed by atoms with E-state index in [2.05, 4.69) is 16.0 Å². The second-order valence-electron chi connectivity index (χ2n) is 6.52. The van der Waals surface area contributed by atoms with Gasteiger partial charge >= 0.3 is 0 Å². The van der Waals surface area contributed by atoms with Crippen LogP contribution in [0.15, 0.2) is 0 Å². The van der Waals surface area contributed by atoms with Crippen LogP contribution in [0.25, 0.3) is 0 Å². The minimum atomic E-state index is -1.18. The summed E-state index contributed by atoms with van der Waals surface area (Å²) in [4.78, 5) is 47.3. The number of carbonyl (C=O) groups is 4. The molecule has 0 spiro atoms. The number of aliphatic hydroxyl groups is 1. The number of nitrogens with one attached hydrogen (secondary N) is 3. The van der Waals surface area contributed by atoms with Gasteiger partial charge in [0.05, 0.1) is 6.61 Å². The van der Waals surface area contributed by atoms with E-state index in [9.17, 15) is 24.3 Å². The molecule has 4 amide bonds. The van der Waals surface area contributed by atoms with Crippen molar-refractivity contribution in [3.8, 4) is 0 Å². The van der Waals surface area contributed by atoms with E-state index in [4.69, 9.17) is 11.5 Å². The van der Waals surface area contributed by atoms with Gasteiger partial charge in [-0.15, -0.1) is 0 Å². The van der Waals surface area contributed by atoms with Gasteiger partial charge in [0.1, 0.15) is 18.1 Å². The average Bonchev–Trinajstić information content (AvgIpc) is 2.54. The molecular weight excluding hydrogens is 342 g/mol. The highest BCUT2D eigenvalue weighted by Crippen LogP contribution is 2.06. The van der Waals surface area contributed by atoms with Gasteiger partial charge in [0.2, 0.25) is 23.6 Å². The van der Waals surface area contributed by atoms with E-state index in [1.165, 1.54) is 6.92 Å². The van der Waals surface area contributed by atoms with Crippen LogP contribution in [0.4, 0.5) is 0 Å². The Balaban J connectivity index is 5.09. The molecule has 0 radical (unpaired) electrons. The highest BCUT2D eigenvalue weighted by Gasteiger charge is 2.28. The summed E-state index contributed by atoms with van der Waals surface area (Å²) in [5.41, 5.74) is 10.8.